The minimum atomic E-state index is -0.159. The van der Waals surface area contributed by atoms with Gasteiger partial charge in [0, 0.05) is 37.4 Å². The van der Waals surface area contributed by atoms with Gasteiger partial charge < -0.3 is 15.1 Å². The van der Waals surface area contributed by atoms with Crippen LogP contribution >= 0.6 is 23.2 Å². The van der Waals surface area contributed by atoms with E-state index in [1.807, 2.05) is 30.3 Å². The second-order valence-electron chi connectivity index (χ2n) is 5.70. The van der Waals surface area contributed by atoms with Crippen LogP contribution in [0.25, 0.3) is 0 Å². The summed E-state index contributed by atoms with van der Waals surface area (Å²) in [5.41, 5.74) is 1.25. The highest BCUT2D eigenvalue weighted by Gasteiger charge is 2.25. The van der Waals surface area contributed by atoms with Crippen LogP contribution in [0, 0.1) is 0 Å². The van der Waals surface area contributed by atoms with Crippen molar-refractivity contribution >= 4 is 40.8 Å². The quantitative estimate of drug-likeness (QED) is 0.860. The predicted octanol–water partition coefficient (Wildman–Crippen LogP) is 3.98. The molecule has 2 aromatic carbocycles. The molecule has 1 heterocycles. The summed E-state index contributed by atoms with van der Waals surface area (Å²) in [5.74, 6) is -0.110. The van der Waals surface area contributed by atoms with Crippen LogP contribution in [0.5, 0.6) is 0 Å². The Morgan fingerprint density at radius 1 is 0.840 bits per heavy atom. The zero-order valence-electron chi connectivity index (χ0n) is 13.4. The van der Waals surface area contributed by atoms with Gasteiger partial charge in [0.2, 0.25) is 0 Å². The summed E-state index contributed by atoms with van der Waals surface area (Å²) < 4.78 is 0. The van der Waals surface area contributed by atoms with Gasteiger partial charge in [-0.15, -0.1) is 0 Å². The standard InChI is InChI=1S/C18H17Cl2N3O2/c19-15-7-6-13(12-16(15)20)17(24)22-8-10-23(11-9-22)18(25)21-14-4-2-1-3-5-14/h1-7,12H,8-11H2,(H,21,25). The van der Waals surface area contributed by atoms with Gasteiger partial charge in [0.1, 0.15) is 0 Å². The van der Waals surface area contributed by atoms with Gasteiger partial charge in [-0.25, -0.2) is 4.79 Å². The summed E-state index contributed by atoms with van der Waals surface area (Å²) in [4.78, 5) is 28.2. The van der Waals surface area contributed by atoms with Crippen molar-refractivity contribution in [3.8, 4) is 0 Å². The summed E-state index contributed by atoms with van der Waals surface area (Å²) in [7, 11) is 0. The van der Waals surface area contributed by atoms with Gasteiger partial charge in [0.05, 0.1) is 10.0 Å². The van der Waals surface area contributed by atoms with E-state index in [2.05, 4.69) is 5.32 Å². The Balaban J connectivity index is 1.57. The van der Waals surface area contributed by atoms with E-state index in [4.69, 9.17) is 23.2 Å². The molecule has 0 radical (unpaired) electrons. The predicted molar refractivity (Wildman–Crippen MR) is 99.4 cm³/mol. The molecule has 1 aliphatic rings. The van der Waals surface area contributed by atoms with Gasteiger partial charge >= 0.3 is 6.03 Å². The van der Waals surface area contributed by atoms with Gasteiger partial charge in [-0.1, -0.05) is 41.4 Å². The largest absolute Gasteiger partial charge is 0.335 e. The molecule has 1 saturated heterocycles. The van der Waals surface area contributed by atoms with E-state index >= 15 is 0 Å². The summed E-state index contributed by atoms with van der Waals surface area (Å²) in [6, 6.07) is 14.0. The second kappa shape index (κ2) is 7.76. The molecular weight excluding hydrogens is 361 g/mol. The molecule has 1 aliphatic heterocycles. The number of urea groups is 1. The molecule has 0 aromatic heterocycles. The molecule has 3 rings (SSSR count). The van der Waals surface area contributed by atoms with E-state index in [1.165, 1.54) is 0 Å². The molecule has 1 fully saturated rings. The van der Waals surface area contributed by atoms with Crippen LogP contribution in [0.3, 0.4) is 0 Å². The molecule has 0 unspecified atom stereocenters. The normalized spacial score (nSPS) is 14.3. The van der Waals surface area contributed by atoms with Crippen LogP contribution in [-0.4, -0.2) is 47.9 Å². The van der Waals surface area contributed by atoms with Crippen molar-refractivity contribution < 1.29 is 9.59 Å². The fourth-order valence-corrected chi connectivity index (χ4v) is 2.95. The molecule has 0 saturated carbocycles. The second-order valence-corrected chi connectivity index (χ2v) is 6.52. The van der Waals surface area contributed by atoms with E-state index in [0.717, 1.165) is 5.69 Å². The summed E-state index contributed by atoms with van der Waals surface area (Å²) in [6.45, 7) is 1.90. The number of carbonyl (C=O) groups excluding carboxylic acids is 2. The third-order valence-corrected chi connectivity index (χ3v) is 4.78. The lowest BCUT2D eigenvalue weighted by Gasteiger charge is -2.34. The minimum Gasteiger partial charge on any atom is -0.335 e. The number of piperazine rings is 1. The van der Waals surface area contributed by atoms with E-state index in [-0.39, 0.29) is 11.9 Å². The van der Waals surface area contributed by atoms with Crippen LogP contribution in [0.4, 0.5) is 10.5 Å². The first-order valence-electron chi connectivity index (χ1n) is 7.90. The smallest absolute Gasteiger partial charge is 0.321 e. The lowest BCUT2D eigenvalue weighted by Crippen LogP contribution is -2.51. The molecule has 3 amide bonds. The number of carbonyl (C=O) groups is 2. The number of hydrogen-bond donors (Lipinski definition) is 1. The van der Waals surface area contributed by atoms with E-state index in [9.17, 15) is 9.59 Å². The van der Waals surface area contributed by atoms with Gasteiger partial charge in [-0.2, -0.15) is 0 Å². The molecule has 0 bridgehead atoms. The number of anilines is 1. The Labute approximate surface area is 156 Å². The average molecular weight is 378 g/mol. The van der Waals surface area contributed by atoms with Gasteiger partial charge in [0.25, 0.3) is 5.91 Å². The number of amides is 3. The van der Waals surface area contributed by atoms with Crippen molar-refractivity contribution in [2.75, 3.05) is 31.5 Å². The number of nitrogens with one attached hydrogen (secondary N) is 1. The van der Waals surface area contributed by atoms with Gasteiger partial charge in [-0.3, -0.25) is 4.79 Å². The maximum Gasteiger partial charge on any atom is 0.321 e. The number of nitrogens with zero attached hydrogens (tertiary/aromatic N) is 2. The molecule has 2 aromatic rings. The minimum absolute atomic E-state index is 0.110. The lowest BCUT2D eigenvalue weighted by atomic mass is 10.2. The van der Waals surface area contributed by atoms with Crippen LogP contribution in [-0.2, 0) is 0 Å². The van der Waals surface area contributed by atoms with Crippen LogP contribution in [0.2, 0.25) is 10.0 Å². The van der Waals surface area contributed by atoms with Crippen LogP contribution in [0.15, 0.2) is 48.5 Å². The van der Waals surface area contributed by atoms with Crippen molar-refractivity contribution in [1.29, 1.82) is 0 Å². The van der Waals surface area contributed by atoms with Crippen molar-refractivity contribution in [2.45, 2.75) is 0 Å². The molecule has 7 heteroatoms. The van der Waals surface area contributed by atoms with Gasteiger partial charge in [0.15, 0.2) is 0 Å². The van der Waals surface area contributed by atoms with Crippen molar-refractivity contribution in [1.82, 2.24) is 9.80 Å². The average Bonchev–Trinajstić information content (AvgIpc) is 2.64. The van der Waals surface area contributed by atoms with Crippen molar-refractivity contribution in [3.05, 3.63) is 64.1 Å². The molecule has 5 nitrogen and oxygen atoms in total. The molecule has 130 valence electrons. The first-order valence-corrected chi connectivity index (χ1v) is 8.65. The Morgan fingerprint density at radius 2 is 1.48 bits per heavy atom. The first-order chi connectivity index (χ1) is 12.0. The fourth-order valence-electron chi connectivity index (χ4n) is 2.65. The third kappa shape index (κ3) is 4.24. The first kappa shape index (κ1) is 17.6. The molecule has 1 N–H and O–H groups in total. The number of benzene rings is 2. The molecule has 0 spiro atoms. The third-order valence-electron chi connectivity index (χ3n) is 4.05. The fraction of sp³-hybridized carbons (Fsp3) is 0.222. The highest BCUT2D eigenvalue weighted by molar-refractivity contribution is 6.42. The topological polar surface area (TPSA) is 52.7 Å². The Hall–Kier alpha value is -2.24. The van der Waals surface area contributed by atoms with Gasteiger partial charge in [-0.05, 0) is 30.3 Å². The molecule has 0 atom stereocenters. The maximum atomic E-state index is 12.5. The summed E-state index contributed by atoms with van der Waals surface area (Å²) in [6.07, 6.45) is 0. The number of halogens is 2. The van der Waals surface area contributed by atoms with Crippen molar-refractivity contribution in [3.63, 3.8) is 0 Å². The zero-order valence-corrected chi connectivity index (χ0v) is 14.9. The summed E-state index contributed by atoms with van der Waals surface area (Å²) in [5, 5.41) is 3.62. The SMILES string of the molecule is O=C(Nc1ccccc1)N1CCN(C(=O)c2ccc(Cl)c(Cl)c2)CC1. The molecule has 0 aliphatic carbocycles. The highest BCUT2D eigenvalue weighted by atomic mass is 35.5. The van der Waals surface area contributed by atoms with Crippen molar-refractivity contribution in [2.24, 2.45) is 0 Å². The lowest BCUT2D eigenvalue weighted by molar-refractivity contribution is 0.0671. The zero-order chi connectivity index (χ0) is 17.8. The van der Waals surface area contributed by atoms with Crippen LogP contribution < -0.4 is 5.32 Å². The Kier molecular flexibility index (Phi) is 5.46. The number of rotatable bonds is 2. The van der Waals surface area contributed by atoms with E-state index in [0.29, 0.717) is 41.8 Å². The monoisotopic (exact) mass is 377 g/mol. The maximum absolute atomic E-state index is 12.5. The Bertz CT molecular complexity index is 775. The highest BCUT2D eigenvalue weighted by Crippen LogP contribution is 2.23. The molecule has 25 heavy (non-hydrogen) atoms. The van der Waals surface area contributed by atoms with E-state index in [1.54, 1.807) is 28.0 Å². The summed E-state index contributed by atoms with van der Waals surface area (Å²) >= 11 is 11.9. The Morgan fingerprint density at radius 3 is 2.12 bits per heavy atom. The van der Waals surface area contributed by atoms with E-state index < -0.39 is 0 Å². The number of hydrogen-bond acceptors (Lipinski definition) is 2. The molecular formula is C18H17Cl2N3O2. The number of para-hydroxylation sites is 1. The van der Waals surface area contributed by atoms with Crippen LogP contribution in [0.1, 0.15) is 10.4 Å².